The number of rotatable bonds is 16. The van der Waals surface area contributed by atoms with Crippen LogP contribution >= 0.6 is 0 Å². The molecule has 24 heteroatoms. The Morgan fingerprint density at radius 1 is 0.631 bits per heavy atom. The molecule has 5 aliphatic heterocycles. The third kappa shape index (κ3) is 11.3. The van der Waals surface area contributed by atoms with E-state index in [1.54, 1.807) is 65.1 Å². The highest BCUT2D eigenvalue weighted by atomic mass is 16.8. The number of ether oxygens (including phenoxy) is 13. The first-order chi connectivity index (χ1) is 39.7. The van der Waals surface area contributed by atoms with E-state index in [0.717, 1.165) is 5.57 Å². The van der Waals surface area contributed by atoms with Crippen LogP contribution in [0.4, 0.5) is 0 Å². The molecule has 0 bridgehead atoms. The maximum atomic E-state index is 13.7. The summed E-state index contributed by atoms with van der Waals surface area (Å²) >= 11 is 0. The van der Waals surface area contributed by atoms with Gasteiger partial charge in [0.1, 0.15) is 71.7 Å². The number of Topliss-reactive ketones (excluding diaryl/α,β-unsaturated/α-hetero) is 1. The van der Waals surface area contributed by atoms with Gasteiger partial charge in [0.25, 0.3) is 0 Å². The Bertz CT molecular complexity index is 2450. The first-order valence-corrected chi connectivity index (χ1v) is 30.0. The van der Waals surface area contributed by atoms with Gasteiger partial charge in [-0.05, 0) is 104 Å². The van der Waals surface area contributed by atoms with Gasteiger partial charge in [0.05, 0.1) is 72.5 Å². The zero-order chi connectivity index (χ0) is 60.6. The number of aliphatic hydroxyl groups excluding tert-OH is 6. The number of aliphatic hydroxyl groups is 9. The molecule has 84 heavy (non-hydrogen) atoms. The molecular formula is C60H90O24. The SMILES string of the molecule is COC1CC(OC2C(O)CC(OC3CCC4(C)C(=CCC5(O)C4CC(OC(=O)c4ccccc4)C4(C)C(O)(C(C)=O)CCC54O)C3)OC2C)OC(C)C1OC1CC(O)C(OC2CC(OC)C(OC3OC(CO)C(O)C(O)C3O)C(C)O2)C(C)O1. The Labute approximate surface area is 489 Å². The van der Waals surface area contributed by atoms with Crippen molar-refractivity contribution in [2.45, 2.75) is 277 Å². The molecule has 1 aromatic rings. The van der Waals surface area contributed by atoms with Gasteiger partial charge in [-0.2, -0.15) is 0 Å². The van der Waals surface area contributed by atoms with E-state index in [1.165, 1.54) is 14.0 Å². The molecule has 29 unspecified atom stereocenters. The largest absolute Gasteiger partial charge is 0.458 e. The number of carbonyl (C=O) groups excluding carboxylic acids is 2. The molecule has 474 valence electrons. The summed E-state index contributed by atoms with van der Waals surface area (Å²) in [6.07, 6.45) is -17.1. The second kappa shape index (κ2) is 24.9. The molecule has 9 N–H and O–H groups in total. The Hall–Kier alpha value is -2.74. The van der Waals surface area contributed by atoms with E-state index < -0.39 is 187 Å². The molecular weight excluding hydrogens is 1100 g/mol. The zero-order valence-corrected chi connectivity index (χ0v) is 49.5. The van der Waals surface area contributed by atoms with Gasteiger partial charge < -0.3 is 108 Å². The van der Waals surface area contributed by atoms with E-state index in [9.17, 15) is 55.5 Å². The lowest BCUT2D eigenvalue weighted by atomic mass is 9.42. The fourth-order valence-electron chi connectivity index (χ4n) is 16.0. The summed E-state index contributed by atoms with van der Waals surface area (Å²) in [6, 6.07) is 8.43. The molecule has 0 amide bonds. The highest BCUT2D eigenvalue weighted by molar-refractivity contribution is 5.90. The van der Waals surface area contributed by atoms with Crippen LogP contribution in [0.5, 0.6) is 0 Å². The molecule has 5 heterocycles. The number of hydrogen-bond donors (Lipinski definition) is 9. The molecule has 0 radical (unpaired) electrons. The number of methoxy groups -OCH3 is 2. The van der Waals surface area contributed by atoms with Crippen LogP contribution in [0.1, 0.15) is 129 Å². The minimum absolute atomic E-state index is 0.0367. The van der Waals surface area contributed by atoms with Gasteiger partial charge in [-0.15, -0.1) is 0 Å². The average Bonchev–Trinajstić information content (AvgIpc) is 1.35. The standard InChI is InChI=1S/C60H90O24/c1-28-50(81-45-24-38(72-8)52(30(3)76-45)83-44-23-37(64)51(29(2)75-44)82-46-25-39(73-9)53(31(4)77-46)84-55-49(67)48(66)47(65)40(27-61)79-55)36(63)22-43(74-28)78-35-16-17-56(6)34(21-35)15-18-59(70)41(56)26-42(80-54(68)33-13-11-10-12-14-33)57(7)58(69,32(5)62)19-20-60(57,59)71/h10-15,28-31,35-53,55,61,63-67,69-71H,16-27H2,1-9H3. The first kappa shape index (κ1) is 64.3. The molecule has 3 saturated carbocycles. The predicted octanol–water partition coefficient (Wildman–Crippen LogP) is 1.35. The summed E-state index contributed by atoms with van der Waals surface area (Å²) in [5, 5.41) is 102. The fourth-order valence-corrected chi connectivity index (χ4v) is 16.0. The number of benzene rings is 1. The van der Waals surface area contributed by atoms with Crippen molar-refractivity contribution in [3.63, 3.8) is 0 Å². The van der Waals surface area contributed by atoms with Gasteiger partial charge >= 0.3 is 5.97 Å². The molecule has 9 aliphatic rings. The number of hydrogen-bond acceptors (Lipinski definition) is 24. The van der Waals surface area contributed by atoms with Crippen molar-refractivity contribution >= 4 is 11.8 Å². The summed E-state index contributed by atoms with van der Waals surface area (Å²) in [7, 11) is 3.02. The maximum absolute atomic E-state index is 13.7. The predicted molar refractivity (Wildman–Crippen MR) is 289 cm³/mol. The number of ketones is 1. The van der Waals surface area contributed by atoms with Crippen molar-refractivity contribution in [2.75, 3.05) is 20.8 Å². The van der Waals surface area contributed by atoms with E-state index in [1.807, 2.05) is 13.0 Å². The highest BCUT2D eigenvalue weighted by Gasteiger charge is 2.81. The molecule has 29 atom stereocenters. The van der Waals surface area contributed by atoms with Crippen LogP contribution in [0.3, 0.4) is 0 Å². The average molecular weight is 1200 g/mol. The first-order valence-electron chi connectivity index (χ1n) is 30.0. The monoisotopic (exact) mass is 1190 g/mol. The van der Waals surface area contributed by atoms with Gasteiger partial charge in [-0.3, -0.25) is 4.79 Å². The Kier molecular flexibility index (Phi) is 19.1. The van der Waals surface area contributed by atoms with Crippen molar-refractivity contribution < 1.29 is 117 Å². The Morgan fingerprint density at radius 2 is 1.15 bits per heavy atom. The second-order valence-electron chi connectivity index (χ2n) is 25.6. The third-order valence-electron chi connectivity index (χ3n) is 20.9. The van der Waals surface area contributed by atoms with Crippen LogP contribution in [-0.4, -0.2) is 237 Å². The van der Waals surface area contributed by atoms with Crippen molar-refractivity contribution in [3.8, 4) is 0 Å². The smallest absolute Gasteiger partial charge is 0.338 e. The zero-order valence-electron chi connectivity index (χ0n) is 49.5. The van der Waals surface area contributed by atoms with E-state index in [2.05, 4.69) is 6.92 Å². The molecule has 8 fully saturated rings. The van der Waals surface area contributed by atoms with Gasteiger partial charge in [0.2, 0.25) is 0 Å². The van der Waals surface area contributed by atoms with Crippen LogP contribution in [0.25, 0.3) is 0 Å². The molecule has 24 nitrogen and oxygen atoms in total. The summed E-state index contributed by atoms with van der Waals surface area (Å²) in [5.74, 6) is -1.84. The normalized spacial score (nSPS) is 50.5. The van der Waals surface area contributed by atoms with Crippen LogP contribution in [0, 0.1) is 16.7 Å². The maximum Gasteiger partial charge on any atom is 0.338 e. The third-order valence-corrected chi connectivity index (χ3v) is 20.9. The second-order valence-corrected chi connectivity index (χ2v) is 25.6. The van der Waals surface area contributed by atoms with Crippen LogP contribution in [0.15, 0.2) is 42.0 Å². The van der Waals surface area contributed by atoms with E-state index >= 15 is 0 Å². The molecule has 4 aliphatic carbocycles. The summed E-state index contributed by atoms with van der Waals surface area (Å²) in [5.41, 5.74) is -6.95. The lowest BCUT2D eigenvalue weighted by Crippen LogP contribution is -2.78. The molecule has 5 saturated heterocycles. The fraction of sp³-hybridized carbons (Fsp3) is 0.833. The number of esters is 1. The van der Waals surface area contributed by atoms with Gasteiger partial charge in [-0.1, -0.05) is 36.8 Å². The summed E-state index contributed by atoms with van der Waals surface area (Å²) in [6.45, 7) is 11.4. The minimum atomic E-state index is -2.07. The van der Waals surface area contributed by atoms with E-state index in [4.69, 9.17) is 61.6 Å². The van der Waals surface area contributed by atoms with Crippen molar-refractivity contribution in [2.24, 2.45) is 16.7 Å². The lowest BCUT2D eigenvalue weighted by molar-refractivity contribution is -0.358. The minimum Gasteiger partial charge on any atom is -0.458 e. The molecule has 0 spiro atoms. The molecule has 10 rings (SSSR count). The topological polar surface area (TPSA) is 336 Å². The summed E-state index contributed by atoms with van der Waals surface area (Å²) in [4.78, 5) is 27.1. The lowest BCUT2D eigenvalue weighted by Gasteiger charge is -2.67. The van der Waals surface area contributed by atoms with E-state index in [-0.39, 0.29) is 63.0 Å². The quantitative estimate of drug-likeness (QED) is 0.0833. The number of fused-ring (bicyclic) bond motifs is 5. The Balaban J connectivity index is 0.708. The van der Waals surface area contributed by atoms with Crippen molar-refractivity contribution in [1.29, 1.82) is 0 Å². The Morgan fingerprint density at radius 3 is 1.69 bits per heavy atom. The van der Waals surface area contributed by atoms with Crippen LogP contribution in [0.2, 0.25) is 0 Å². The molecule has 0 aromatic heterocycles. The van der Waals surface area contributed by atoms with Gasteiger partial charge in [0.15, 0.2) is 37.2 Å². The van der Waals surface area contributed by atoms with Crippen LogP contribution < -0.4 is 0 Å². The van der Waals surface area contributed by atoms with Gasteiger partial charge in [0, 0.05) is 45.8 Å². The van der Waals surface area contributed by atoms with E-state index in [0.29, 0.717) is 19.3 Å². The molecule has 1 aromatic carbocycles. The van der Waals surface area contributed by atoms with Crippen molar-refractivity contribution in [1.82, 2.24) is 0 Å². The van der Waals surface area contributed by atoms with Gasteiger partial charge in [-0.25, -0.2) is 4.79 Å². The van der Waals surface area contributed by atoms with Crippen molar-refractivity contribution in [3.05, 3.63) is 47.5 Å². The number of carbonyl (C=O) groups is 2. The highest BCUT2D eigenvalue weighted by Crippen LogP contribution is 2.71. The summed E-state index contributed by atoms with van der Waals surface area (Å²) < 4.78 is 80.5. The van der Waals surface area contributed by atoms with Crippen LogP contribution in [-0.2, 0) is 66.4 Å².